The van der Waals surface area contributed by atoms with Crippen LogP contribution in [0.25, 0.3) is 0 Å². The van der Waals surface area contributed by atoms with Crippen molar-refractivity contribution in [3.63, 3.8) is 0 Å². The highest BCUT2D eigenvalue weighted by molar-refractivity contribution is 7.91. The molecule has 0 amide bonds. The van der Waals surface area contributed by atoms with Gasteiger partial charge in [0.1, 0.15) is 4.21 Å². The van der Waals surface area contributed by atoms with Gasteiger partial charge < -0.3 is 4.90 Å². The summed E-state index contributed by atoms with van der Waals surface area (Å²) in [7, 11) is -1.72. The van der Waals surface area contributed by atoms with Crippen LogP contribution in [0.15, 0.2) is 16.3 Å². The van der Waals surface area contributed by atoms with Gasteiger partial charge in [-0.25, -0.2) is 8.42 Å². The van der Waals surface area contributed by atoms with Gasteiger partial charge in [-0.3, -0.25) is 0 Å². The fraction of sp³-hybridized carbons (Fsp3) is 0.667. The number of thiophene rings is 1. The minimum atomic E-state index is -3.39. The van der Waals surface area contributed by atoms with Gasteiger partial charge in [0.05, 0.1) is 4.34 Å². The van der Waals surface area contributed by atoms with E-state index in [9.17, 15) is 8.42 Å². The molecule has 4 nitrogen and oxygen atoms in total. The summed E-state index contributed by atoms with van der Waals surface area (Å²) in [5.74, 6) is 0. The molecule has 1 aromatic heterocycles. The lowest BCUT2D eigenvalue weighted by Gasteiger charge is -2.35. The molecule has 0 atom stereocenters. The van der Waals surface area contributed by atoms with Gasteiger partial charge in [-0.2, -0.15) is 4.31 Å². The first-order chi connectivity index (χ1) is 8.95. The van der Waals surface area contributed by atoms with E-state index in [0.29, 0.717) is 8.55 Å². The highest BCUT2D eigenvalue weighted by atomic mass is 35.5. The summed E-state index contributed by atoms with van der Waals surface area (Å²) in [4.78, 5) is 2.35. The Balaban J connectivity index is 2.09. The van der Waals surface area contributed by atoms with Crippen molar-refractivity contribution in [1.29, 1.82) is 0 Å². The summed E-state index contributed by atoms with van der Waals surface area (Å²) in [5.41, 5.74) is 0. The Morgan fingerprint density at radius 2 is 2.05 bits per heavy atom. The van der Waals surface area contributed by atoms with Crippen LogP contribution >= 0.6 is 22.9 Å². The first-order valence-corrected chi connectivity index (χ1v) is 9.04. The molecular weight excluding hydrogens is 304 g/mol. The van der Waals surface area contributed by atoms with Gasteiger partial charge in [0, 0.05) is 13.1 Å². The molecule has 1 aromatic rings. The topological polar surface area (TPSA) is 40.6 Å². The third-order valence-corrected chi connectivity index (χ3v) is 7.31. The maximum absolute atomic E-state index is 12.5. The molecule has 0 N–H and O–H groups in total. The second kappa shape index (κ2) is 6.10. The van der Waals surface area contributed by atoms with Crippen LogP contribution in [0.5, 0.6) is 0 Å². The van der Waals surface area contributed by atoms with Crippen LogP contribution in [0.3, 0.4) is 0 Å². The van der Waals surface area contributed by atoms with E-state index in [2.05, 4.69) is 11.8 Å². The first-order valence-electron chi connectivity index (χ1n) is 6.41. The number of hydrogen-bond donors (Lipinski definition) is 0. The lowest BCUT2D eigenvalue weighted by atomic mass is 10.1. The van der Waals surface area contributed by atoms with Crippen LogP contribution < -0.4 is 0 Å². The van der Waals surface area contributed by atoms with Crippen molar-refractivity contribution in [2.45, 2.75) is 30.0 Å². The van der Waals surface area contributed by atoms with Gasteiger partial charge in [0.25, 0.3) is 10.0 Å². The van der Waals surface area contributed by atoms with Crippen LogP contribution in [-0.2, 0) is 10.0 Å². The highest BCUT2D eigenvalue weighted by Gasteiger charge is 2.31. The summed E-state index contributed by atoms with van der Waals surface area (Å²) in [6.07, 6.45) is 1.78. The van der Waals surface area contributed by atoms with E-state index in [-0.39, 0.29) is 6.04 Å². The largest absolute Gasteiger partial charge is 0.303 e. The number of sulfonamides is 1. The molecular formula is C12H19ClN2O2S2. The lowest BCUT2D eigenvalue weighted by Crippen LogP contribution is -2.45. The molecule has 0 spiro atoms. The predicted molar refractivity (Wildman–Crippen MR) is 79.4 cm³/mol. The number of piperidine rings is 1. The molecule has 0 aliphatic carbocycles. The predicted octanol–water partition coefficient (Wildman–Crippen LogP) is 2.51. The van der Waals surface area contributed by atoms with E-state index in [4.69, 9.17) is 11.6 Å². The molecule has 7 heteroatoms. The Morgan fingerprint density at radius 3 is 2.53 bits per heavy atom. The summed E-state index contributed by atoms with van der Waals surface area (Å²) in [6.45, 7) is 5.09. The molecule has 1 saturated heterocycles. The van der Waals surface area contributed by atoms with Crippen LogP contribution in [0.1, 0.15) is 19.8 Å². The Bertz CT molecular complexity index is 522. The molecule has 0 saturated carbocycles. The molecule has 1 fully saturated rings. The Morgan fingerprint density at radius 1 is 1.42 bits per heavy atom. The van der Waals surface area contributed by atoms with Crippen LogP contribution in [-0.4, -0.2) is 50.3 Å². The van der Waals surface area contributed by atoms with Crippen molar-refractivity contribution < 1.29 is 8.42 Å². The van der Waals surface area contributed by atoms with Crippen molar-refractivity contribution >= 4 is 33.0 Å². The van der Waals surface area contributed by atoms with E-state index >= 15 is 0 Å². The van der Waals surface area contributed by atoms with Gasteiger partial charge in [-0.1, -0.05) is 18.5 Å². The van der Waals surface area contributed by atoms with E-state index in [1.54, 1.807) is 19.2 Å². The average molecular weight is 323 g/mol. The van der Waals surface area contributed by atoms with E-state index in [1.807, 2.05) is 0 Å². The molecule has 2 heterocycles. The number of nitrogens with zero attached hydrogens (tertiary/aromatic N) is 2. The van der Waals surface area contributed by atoms with Crippen molar-refractivity contribution in [2.75, 3.05) is 26.7 Å². The number of rotatable bonds is 4. The van der Waals surface area contributed by atoms with Crippen LogP contribution in [0.2, 0.25) is 4.34 Å². The second-order valence-corrected chi connectivity index (χ2v) is 8.68. The fourth-order valence-electron chi connectivity index (χ4n) is 2.37. The van der Waals surface area contributed by atoms with Gasteiger partial charge in [-0.05, 0) is 44.6 Å². The van der Waals surface area contributed by atoms with Crippen molar-refractivity contribution in [3.05, 3.63) is 16.5 Å². The number of halogens is 1. The Hall–Kier alpha value is -0.140. The van der Waals surface area contributed by atoms with Gasteiger partial charge in [0.2, 0.25) is 0 Å². The third-order valence-electron chi connectivity index (χ3n) is 3.70. The molecule has 0 radical (unpaired) electrons. The quantitative estimate of drug-likeness (QED) is 0.855. The molecule has 19 heavy (non-hydrogen) atoms. The van der Waals surface area contributed by atoms with Crippen LogP contribution in [0.4, 0.5) is 0 Å². The number of likely N-dealkylation sites (tertiary alicyclic amines) is 1. The molecule has 1 aliphatic heterocycles. The molecule has 0 bridgehead atoms. The Labute approximate surface area is 124 Å². The number of hydrogen-bond acceptors (Lipinski definition) is 4. The average Bonchev–Trinajstić information content (AvgIpc) is 2.85. The van der Waals surface area contributed by atoms with E-state index in [0.717, 1.165) is 43.8 Å². The van der Waals surface area contributed by atoms with Gasteiger partial charge >= 0.3 is 0 Å². The normalized spacial score (nSPS) is 19.2. The zero-order valence-electron chi connectivity index (χ0n) is 11.2. The van der Waals surface area contributed by atoms with Crippen molar-refractivity contribution in [3.8, 4) is 0 Å². The third kappa shape index (κ3) is 3.31. The monoisotopic (exact) mass is 322 g/mol. The molecule has 2 rings (SSSR count). The first kappa shape index (κ1) is 15.3. The summed E-state index contributed by atoms with van der Waals surface area (Å²) < 4.78 is 27.3. The molecule has 0 aromatic carbocycles. The second-order valence-electron chi connectivity index (χ2n) is 4.75. The minimum absolute atomic E-state index is 0.0914. The standard InChI is InChI=1S/C12H19ClN2O2S2/c1-3-15-8-6-10(7-9-15)14(2)19(16,17)12-5-4-11(13)18-12/h4-5,10H,3,6-9H2,1-2H3. The zero-order valence-corrected chi connectivity index (χ0v) is 13.6. The van der Waals surface area contributed by atoms with Gasteiger partial charge in [0.15, 0.2) is 0 Å². The lowest BCUT2D eigenvalue weighted by molar-refractivity contribution is 0.176. The maximum atomic E-state index is 12.5. The smallest absolute Gasteiger partial charge is 0.252 e. The molecule has 0 unspecified atom stereocenters. The van der Waals surface area contributed by atoms with E-state index < -0.39 is 10.0 Å². The SMILES string of the molecule is CCN1CCC(N(C)S(=O)(=O)c2ccc(Cl)s2)CC1. The summed E-state index contributed by atoms with van der Waals surface area (Å²) in [5, 5.41) is 0. The zero-order chi connectivity index (χ0) is 14.0. The fourth-order valence-corrected chi connectivity index (χ4v) is 5.46. The van der Waals surface area contributed by atoms with Crippen molar-refractivity contribution in [2.24, 2.45) is 0 Å². The van der Waals surface area contributed by atoms with Crippen LogP contribution in [0, 0.1) is 0 Å². The molecule has 1 aliphatic rings. The Kier molecular flexibility index (Phi) is 4.89. The highest BCUT2D eigenvalue weighted by Crippen LogP contribution is 2.30. The maximum Gasteiger partial charge on any atom is 0.252 e. The summed E-state index contributed by atoms with van der Waals surface area (Å²) in [6, 6.07) is 3.31. The van der Waals surface area contributed by atoms with E-state index in [1.165, 1.54) is 4.31 Å². The minimum Gasteiger partial charge on any atom is -0.303 e. The van der Waals surface area contributed by atoms with Gasteiger partial charge in [-0.15, -0.1) is 11.3 Å². The van der Waals surface area contributed by atoms with Crippen molar-refractivity contribution in [1.82, 2.24) is 9.21 Å². The summed E-state index contributed by atoms with van der Waals surface area (Å²) >= 11 is 6.94. The molecule has 108 valence electrons.